The summed E-state index contributed by atoms with van der Waals surface area (Å²) < 4.78 is 4.99. The highest BCUT2D eigenvalue weighted by Crippen LogP contribution is 2.32. The standard InChI is InChI=1S/C23H28N6O3S2/c1-4-32-21(30)5-6-28-7-9-29(10-8-28)20-13-24-17(12-25-20)22(31)27-23-26-18(14-33-23)19-11-15(2)16(3)34-19/h11-14H,4-10H2,1-3H3,(H,26,27,31). The quantitative estimate of drug-likeness (QED) is 0.468. The fourth-order valence-electron chi connectivity index (χ4n) is 3.59. The highest BCUT2D eigenvalue weighted by atomic mass is 32.1. The van der Waals surface area contributed by atoms with Gasteiger partial charge in [-0.3, -0.25) is 19.8 Å². The van der Waals surface area contributed by atoms with Gasteiger partial charge in [-0.1, -0.05) is 0 Å². The maximum absolute atomic E-state index is 12.6. The lowest BCUT2D eigenvalue weighted by molar-refractivity contribution is -0.143. The molecule has 1 fully saturated rings. The van der Waals surface area contributed by atoms with Crippen LogP contribution in [0.5, 0.6) is 0 Å². The van der Waals surface area contributed by atoms with E-state index in [0.717, 1.165) is 42.6 Å². The minimum atomic E-state index is -0.331. The Morgan fingerprint density at radius 1 is 1.15 bits per heavy atom. The summed E-state index contributed by atoms with van der Waals surface area (Å²) in [6, 6.07) is 2.12. The van der Waals surface area contributed by atoms with E-state index >= 15 is 0 Å². The Balaban J connectivity index is 1.28. The minimum Gasteiger partial charge on any atom is -0.466 e. The number of ether oxygens (including phenoxy) is 1. The van der Waals surface area contributed by atoms with Crippen LogP contribution in [0.3, 0.4) is 0 Å². The van der Waals surface area contributed by atoms with Crippen LogP contribution in [0.2, 0.25) is 0 Å². The highest BCUT2D eigenvalue weighted by Gasteiger charge is 2.20. The Labute approximate surface area is 206 Å². The summed E-state index contributed by atoms with van der Waals surface area (Å²) in [5.74, 6) is 0.249. The predicted octanol–water partition coefficient (Wildman–Crippen LogP) is 3.61. The van der Waals surface area contributed by atoms with Crippen molar-refractivity contribution in [2.24, 2.45) is 0 Å². The van der Waals surface area contributed by atoms with Crippen LogP contribution < -0.4 is 10.2 Å². The van der Waals surface area contributed by atoms with E-state index in [1.54, 1.807) is 17.5 Å². The summed E-state index contributed by atoms with van der Waals surface area (Å²) in [4.78, 5) is 44.2. The normalized spacial score (nSPS) is 14.3. The van der Waals surface area contributed by atoms with Crippen LogP contribution in [0.15, 0.2) is 23.8 Å². The van der Waals surface area contributed by atoms with Crippen LogP contribution >= 0.6 is 22.7 Å². The van der Waals surface area contributed by atoms with E-state index in [1.165, 1.54) is 28.0 Å². The van der Waals surface area contributed by atoms with E-state index in [-0.39, 0.29) is 17.6 Å². The Morgan fingerprint density at radius 3 is 2.59 bits per heavy atom. The second-order valence-corrected chi connectivity index (χ2v) is 10.1. The molecule has 1 aliphatic heterocycles. The number of amides is 1. The van der Waals surface area contributed by atoms with E-state index in [4.69, 9.17) is 4.74 Å². The number of aromatic nitrogens is 3. The summed E-state index contributed by atoms with van der Waals surface area (Å²) in [6.07, 6.45) is 3.54. The Bertz CT molecular complexity index is 1120. The van der Waals surface area contributed by atoms with Gasteiger partial charge in [0.2, 0.25) is 0 Å². The minimum absolute atomic E-state index is 0.157. The number of hydrogen-bond donors (Lipinski definition) is 1. The summed E-state index contributed by atoms with van der Waals surface area (Å²) in [7, 11) is 0. The fourth-order valence-corrected chi connectivity index (χ4v) is 5.36. The Morgan fingerprint density at radius 2 is 1.94 bits per heavy atom. The first-order valence-electron chi connectivity index (χ1n) is 11.2. The van der Waals surface area contributed by atoms with Gasteiger partial charge >= 0.3 is 5.97 Å². The Hall–Kier alpha value is -2.89. The number of anilines is 2. The van der Waals surface area contributed by atoms with Crippen molar-refractivity contribution >= 4 is 45.5 Å². The zero-order chi connectivity index (χ0) is 24.1. The first-order valence-corrected chi connectivity index (χ1v) is 12.9. The summed E-state index contributed by atoms with van der Waals surface area (Å²) in [6.45, 7) is 10.3. The third kappa shape index (κ3) is 5.96. The third-order valence-corrected chi connectivity index (χ3v) is 7.58. The van der Waals surface area contributed by atoms with Crippen LogP contribution in [0.25, 0.3) is 10.6 Å². The van der Waals surface area contributed by atoms with Gasteiger partial charge in [-0.15, -0.1) is 22.7 Å². The summed E-state index contributed by atoms with van der Waals surface area (Å²) in [5, 5.41) is 5.30. The van der Waals surface area contributed by atoms with Crippen molar-refractivity contribution in [3.05, 3.63) is 40.0 Å². The fraction of sp³-hybridized carbons (Fsp3) is 0.435. The zero-order valence-electron chi connectivity index (χ0n) is 19.5. The van der Waals surface area contributed by atoms with Gasteiger partial charge in [0.1, 0.15) is 11.5 Å². The molecule has 180 valence electrons. The third-order valence-electron chi connectivity index (χ3n) is 5.65. The second kappa shape index (κ2) is 11.0. The lowest BCUT2D eigenvalue weighted by Crippen LogP contribution is -2.47. The van der Waals surface area contributed by atoms with Gasteiger partial charge in [0.15, 0.2) is 5.13 Å². The number of esters is 1. The van der Waals surface area contributed by atoms with E-state index in [2.05, 4.69) is 50.0 Å². The molecule has 0 spiro atoms. The van der Waals surface area contributed by atoms with Gasteiger partial charge in [-0.25, -0.2) is 15.0 Å². The molecule has 34 heavy (non-hydrogen) atoms. The molecule has 4 heterocycles. The van der Waals surface area contributed by atoms with Crippen molar-refractivity contribution in [1.29, 1.82) is 0 Å². The van der Waals surface area contributed by atoms with Gasteiger partial charge in [0.25, 0.3) is 5.91 Å². The average Bonchev–Trinajstić information content (AvgIpc) is 3.44. The number of nitrogens with one attached hydrogen (secondary N) is 1. The van der Waals surface area contributed by atoms with Crippen molar-refractivity contribution in [2.45, 2.75) is 27.2 Å². The van der Waals surface area contributed by atoms with Crippen LogP contribution in [0.4, 0.5) is 10.9 Å². The summed E-state index contributed by atoms with van der Waals surface area (Å²) >= 11 is 3.09. The SMILES string of the molecule is CCOC(=O)CCN1CCN(c2cnc(C(=O)Nc3nc(-c4cc(C)c(C)s4)cs3)cn2)CC1. The predicted molar refractivity (Wildman–Crippen MR) is 135 cm³/mol. The smallest absolute Gasteiger partial charge is 0.307 e. The van der Waals surface area contributed by atoms with Crippen molar-refractivity contribution in [3.8, 4) is 10.6 Å². The van der Waals surface area contributed by atoms with Gasteiger partial charge in [0, 0.05) is 43.0 Å². The number of nitrogens with zero attached hydrogens (tertiary/aromatic N) is 5. The molecule has 0 unspecified atom stereocenters. The van der Waals surface area contributed by atoms with E-state index < -0.39 is 0 Å². The molecule has 11 heteroatoms. The number of hydrogen-bond acceptors (Lipinski definition) is 10. The molecule has 1 aliphatic rings. The number of thiophene rings is 1. The van der Waals surface area contributed by atoms with Crippen LogP contribution in [-0.4, -0.2) is 71.1 Å². The lowest BCUT2D eigenvalue weighted by atomic mass is 10.2. The maximum Gasteiger partial charge on any atom is 0.307 e. The van der Waals surface area contributed by atoms with E-state index in [9.17, 15) is 9.59 Å². The maximum atomic E-state index is 12.6. The van der Waals surface area contributed by atoms with Crippen molar-refractivity contribution in [1.82, 2.24) is 19.9 Å². The Kier molecular flexibility index (Phi) is 7.86. The monoisotopic (exact) mass is 500 g/mol. The molecule has 0 saturated carbocycles. The largest absolute Gasteiger partial charge is 0.466 e. The molecular weight excluding hydrogens is 472 g/mol. The molecule has 0 bridgehead atoms. The number of aryl methyl sites for hydroxylation is 2. The topological polar surface area (TPSA) is 101 Å². The zero-order valence-corrected chi connectivity index (χ0v) is 21.2. The lowest BCUT2D eigenvalue weighted by Gasteiger charge is -2.35. The molecule has 3 aromatic rings. The molecule has 4 rings (SSSR count). The van der Waals surface area contributed by atoms with Gasteiger partial charge < -0.3 is 9.64 Å². The van der Waals surface area contributed by atoms with Crippen LogP contribution in [0, 0.1) is 13.8 Å². The van der Waals surface area contributed by atoms with Gasteiger partial charge in [-0.2, -0.15) is 0 Å². The number of rotatable bonds is 8. The molecule has 1 N–H and O–H groups in total. The van der Waals surface area contributed by atoms with Crippen LogP contribution in [-0.2, 0) is 9.53 Å². The van der Waals surface area contributed by atoms with Gasteiger partial charge in [0.05, 0.1) is 36.0 Å². The average molecular weight is 501 g/mol. The van der Waals surface area contributed by atoms with Crippen molar-refractivity contribution in [2.75, 3.05) is 49.5 Å². The molecule has 0 aliphatic carbocycles. The second-order valence-electron chi connectivity index (χ2n) is 7.99. The van der Waals surface area contributed by atoms with Gasteiger partial charge in [-0.05, 0) is 32.4 Å². The highest BCUT2D eigenvalue weighted by molar-refractivity contribution is 7.17. The number of carbonyl (C=O) groups excluding carboxylic acids is 2. The molecule has 0 atom stereocenters. The van der Waals surface area contributed by atoms with Crippen molar-refractivity contribution < 1.29 is 14.3 Å². The summed E-state index contributed by atoms with van der Waals surface area (Å²) in [5.41, 5.74) is 2.35. The molecular formula is C23H28N6O3S2. The van der Waals surface area contributed by atoms with E-state index in [0.29, 0.717) is 24.7 Å². The molecule has 3 aromatic heterocycles. The number of piperazine rings is 1. The molecule has 0 aromatic carbocycles. The molecule has 1 amide bonds. The first kappa shape index (κ1) is 24.2. The van der Waals surface area contributed by atoms with Crippen LogP contribution in [0.1, 0.15) is 34.3 Å². The molecule has 1 saturated heterocycles. The van der Waals surface area contributed by atoms with Crippen molar-refractivity contribution in [3.63, 3.8) is 0 Å². The molecule has 9 nitrogen and oxygen atoms in total. The first-order chi connectivity index (χ1) is 16.4. The van der Waals surface area contributed by atoms with E-state index in [1.807, 2.05) is 12.3 Å². The molecule has 0 radical (unpaired) electrons. The number of thiazole rings is 1. The number of carbonyl (C=O) groups is 2.